The minimum Gasteiger partial charge on any atom is -0.453 e. The van der Waals surface area contributed by atoms with Crippen LogP contribution in [0.4, 0.5) is 9.59 Å². The van der Waals surface area contributed by atoms with Crippen molar-refractivity contribution in [1.29, 1.82) is 0 Å². The van der Waals surface area contributed by atoms with E-state index < -0.39 is 75.2 Å². The molecule has 61 heavy (non-hydrogen) atoms. The molecule has 0 aliphatic heterocycles. The summed E-state index contributed by atoms with van der Waals surface area (Å²) < 4.78 is 13.2. The third kappa shape index (κ3) is 17.6. The molecule has 2 atom stereocenters. The number of ether oxygens (including phenoxy) is 2. The molecule has 2 aliphatic carbocycles. The molecule has 0 aromatic rings. The van der Waals surface area contributed by atoms with Crippen molar-refractivity contribution < 1.29 is 69.4 Å². The first-order chi connectivity index (χ1) is 28.6. The number of halogens is 1. The molecule has 2 amide bonds. The fraction of sp³-hybridized carbons (Fsp3) is 0.391. The molecule has 0 aromatic heterocycles. The van der Waals surface area contributed by atoms with Crippen LogP contribution in [0.3, 0.4) is 0 Å². The second-order valence-electron chi connectivity index (χ2n) is 15.9. The van der Waals surface area contributed by atoms with E-state index in [-0.39, 0.29) is 16.0 Å². The molecule has 0 radical (unpaired) electrons. The Hall–Kier alpha value is -5.39. The van der Waals surface area contributed by atoms with Crippen molar-refractivity contribution in [3.05, 3.63) is 130 Å². The molecule has 0 aromatic carbocycles. The van der Waals surface area contributed by atoms with Crippen LogP contribution in [-0.2, 0) is 38.3 Å². The quantitative estimate of drug-likeness (QED) is 0.0403. The van der Waals surface area contributed by atoms with Gasteiger partial charge in [0.05, 0.1) is 0 Å². The molecule has 15 heteroatoms. The maximum atomic E-state index is 13.1. The molecule has 332 valence electrons. The third-order valence-corrected chi connectivity index (χ3v) is 11.6. The molecule has 2 unspecified atom stereocenters. The fourth-order valence-electron chi connectivity index (χ4n) is 6.50. The van der Waals surface area contributed by atoms with Crippen LogP contribution in [0.1, 0.15) is 82.1 Å². The van der Waals surface area contributed by atoms with Crippen molar-refractivity contribution in [2.75, 3.05) is 11.0 Å². The maximum absolute atomic E-state index is 13.1. The number of ketones is 2. The Balaban J connectivity index is 1.96. The average Bonchev–Trinajstić information content (AvgIpc) is 3.18. The second-order valence-corrected chi connectivity index (χ2v) is 17.9. The summed E-state index contributed by atoms with van der Waals surface area (Å²) in [6.45, 7) is 19.0. The largest absolute Gasteiger partial charge is 0.453 e. The van der Waals surface area contributed by atoms with Gasteiger partial charge >= 0.3 is 176 Å². The van der Waals surface area contributed by atoms with Gasteiger partial charge in [0.1, 0.15) is 6.54 Å². The SMILES string of the molecule is CC1=C(/C=C/C(C)=C/C=C/C(C)=C/C=C/C=C(C)/C=C/C=C(C)/C=C/C2=C(C)C(=O)C(OC(=O)C[I-]NC(=O)ON)CC2(C)C)C(C)(C)CC(OC(=O)CNC(=O)ON)C1=O. The summed E-state index contributed by atoms with van der Waals surface area (Å²) in [6.07, 6.45) is 24.7. The van der Waals surface area contributed by atoms with Gasteiger partial charge < -0.3 is 14.9 Å². The maximum Gasteiger partial charge on any atom is 0.426 e. The molecule has 0 bridgehead atoms. The van der Waals surface area contributed by atoms with E-state index in [1.807, 2.05) is 140 Å². The van der Waals surface area contributed by atoms with Crippen LogP contribution in [0.15, 0.2) is 130 Å². The number of carbonyl (C=O) groups excluding carboxylic acids is 6. The van der Waals surface area contributed by atoms with E-state index in [1.54, 1.807) is 13.8 Å². The number of hydrogen-bond acceptors (Lipinski definition) is 12. The average molecular weight is 956 g/mol. The molecule has 0 saturated carbocycles. The normalized spacial score (nSPS) is 20.5. The van der Waals surface area contributed by atoms with Crippen LogP contribution in [-0.4, -0.2) is 58.9 Å². The van der Waals surface area contributed by atoms with E-state index >= 15 is 0 Å². The Labute approximate surface area is 369 Å². The fourth-order valence-corrected chi connectivity index (χ4v) is 7.62. The van der Waals surface area contributed by atoms with Crippen LogP contribution in [0, 0.1) is 10.8 Å². The van der Waals surface area contributed by atoms with Gasteiger partial charge in [0.25, 0.3) is 0 Å². The van der Waals surface area contributed by atoms with Crippen molar-refractivity contribution in [1.82, 2.24) is 8.85 Å². The molecule has 0 fully saturated rings. The standard InChI is InChI=1S/C46H60IN4O10/c1-29(17-13-19-31(3)21-23-35-33(5)41(54)37(25-45(35,7)8)58-39(52)27-47-51-44(57)61-49)15-11-12-16-30(2)18-14-20-32(4)22-24-36-34(6)42(55)38(26-46(36,9)10)59-40(53)28-50-43(56)60-48/h11-24,37-38H,25-28,48-49H2,1-10H3,(H,50,56)(H,51,57)/q-1/b12-11+,17-13+,18-14+,23-21+,24-22+,29-15+,30-16+,31-19+,32-20+. The molecule has 0 heterocycles. The molecular weight excluding hydrogens is 895 g/mol. The summed E-state index contributed by atoms with van der Waals surface area (Å²) in [7, 11) is 0. The predicted octanol–water partition coefficient (Wildman–Crippen LogP) is 4.21. The number of hydrogen-bond donors (Lipinski definition) is 4. The molecule has 0 saturated heterocycles. The minimum atomic E-state index is -1.06. The Morgan fingerprint density at radius 2 is 1.03 bits per heavy atom. The van der Waals surface area contributed by atoms with Crippen LogP contribution in [0.25, 0.3) is 0 Å². The Kier molecular flexibility index (Phi) is 21.0. The van der Waals surface area contributed by atoms with E-state index in [9.17, 15) is 28.8 Å². The molecule has 14 nitrogen and oxygen atoms in total. The van der Waals surface area contributed by atoms with Crippen molar-refractivity contribution in [3.8, 4) is 0 Å². The van der Waals surface area contributed by atoms with Gasteiger partial charge in [-0.05, 0) is 44.3 Å². The number of Topliss-reactive ketones (excluding diaryl/α,β-unsaturated/α-hetero) is 2. The Morgan fingerprint density at radius 3 is 1.46 bits per heavy atom. The van der Waals surface area contributed by atoms with Gasteiger partial charge in [-0.2, -0.15) is 5.90 Å². The number of allylic oxidation sites excluding steroid dienone is 20. The first-order valence-electron chi connectivity index (χ1n) is 19.5. The van der Waals surface area contributed by atoms with Crippen molar-refractivity contribution >= 4 is 35.7 Å². The smallest absolute Gasteiger partial charge is 0.426 e. The van der Waals surface area contributed by atoms with E-state index in [2.05, 4.69) is 18.5 Å². The second kappa shape index (κ2) is 24.8. The van der Waals surface area contributed by atoms with Crippen LogP contribution in [0.5, 0.6) is 0 Å². The van der Waals surface area contributed by atoms with Crippen LogP contribution in [0.2, 0.25) is 0 Å². The number of amides is 2. The summed E-state index contributed by atoms with van der Waals surface area (Å²) in [5.74, 6) is 7.70. The zero-order chi connectivity index (χ0) is 45.9. The number of carbonyl (C=O) groups is 6. The monoisotopic (exact) mass is 955 g/mol. The molecule has 6 N–H and O–H groups in total. The van der Waals surface area contributed by atoms with Gasteiger partial charge in [-0.25, -0.2) is 4.79 Å². The summed E-state index contributed by atoms with van der Waals surface area (Å²) in [4.78, 5) is 80.8. The minimum absolute atomic E-state index is 0.0110. The van der Waals surface area contributed by atoms with Crippen LogP contribution >= 0.6 is 0 Å². The Morgan fingerprint density at radius 1 is 0.639 bits per heavy atom. The van der Waals surface area contributed by atoms with E-state index in [0.717, 1.165) is 33.4 Å². The Bertz CT molecular complexity index is 2040. The van der Waals surface area contributed by atoms with Crippen LogP contribution < -0.4 is 42.1 Å². The van der Waals surface area contributed by atoms with Gasteiger partial charge in [-0.3, -0.25) is 9.59 Å². The summed E-state index contributed by atoms with van der Waals surface area (Å²) in [5, 5.41) is 2.14. The zero-order valence-corrected chi connectivity index (χ0v) is 38.8. The zero-order valence-electron chi connectivity index (χ0n) is 36.7. The number of nitrogens with one attached hydrogen (secondary N) is 2. The molecule has 2 aliphatic rings. The molecule has 0 spiro atoms. The van der Waals surface area contributed by atoms with Gasteiger partial charge in [0, 0.05) is 6.42 Å². The van der Waals surface area contributed by atoms with E-state index in [4.69, 9.17) is 21.3 Å². The first kappa shape index (κ1) is 51.8. The summed E-state index contributed by atoms with van der Waals surface area (Å²) in [6, 6.07) is 0. The van der Waals surface area contributed by atoms with E-state index in [1.165, 1.54) is 0 Å². The van der Waals surface area contributed by atoms with E-state index in [0.29, 0.717) is 24.0 Å². The van der Waals surface area contributed by atoms with Gasteiger partial charge in [-0.15, -0.1) is 0 Å². The summed E-state index contributed by atoms with van der Waals surface area (Å²) in [5.41, 5.74) is 6.04. The number of nitrogens with two attached hydrogens (primary N) is 2. The van der Waals surface area contributed by atoms with Gasteiger partial charge in [0.2, 0.25) is 0 Å². The predicted molar refractivity (Wildman–Crippen MR) is 230 cm³/mol. The third-order valence-electron chi connectivity index (χ3n) is 9.73. The summed E-state index contributed by atoms with van der Waals surface area (Å²) >= 11 is -1.06. The van der Waals surface area contributed by atoms with Crippen molar-refractivity contribution in [2.45, 2.75) is 94.3 Å². The molecular formula is C46H60IN4O10-. The molecule has 2 rings (SSSR count). The van der Waals surface area contributed by atoms with Gasteiger partial charge in [-0.1, -0.05) is 91.3 Å². The van der Waals surface area contributed by atoms with Gasteiger partial charge in [0.15, 0.2) is 11.9 Å². The number of alkyl halides is 1. The first-order valence-corrected chi connectivity index (χ1v) is 22.1. The van der Waals surface area contributed by atoms with Crippen molar-refractivity contribution in [3.63, 3.8) is 0 Å². The topological polar surface area (TPSA) is 215 Å². The number of rotatable bonds is 17. The van der Waals surface area contributed by atoms with Crippen molar-refractivity contribution in [2.24, 2.45) is 22.6 Å². The number of esters is 2.